The fourth-order valence-corrected chi connectivity index (χ4v) is 4.97. The monoisotopic (exact) mass is 582 g/mol. The number of hydrogen-bond acceptors (Lipinski definition) is 5. The van der Waals surface area contributed by atoms with Gasteiger partial charge in [0, 0.05) is 31.4 Å². The third-order valence-electron chi connectivity index (χ3n) is 6.78. The van der Waals surface area contributed by atoms with E-state index in [1.54, 1.807) is 32.9 Å². The van der Waals surface area contributed by atoms with Gasteiger partial charge in [-0.2, -0.15) is 0 Å². The third-order valence-corrected chi connectivity index (χ3v) is 6.78. The van der Waals surface area contributed by atoms with E-state index in [9.17, 15) is 27.6 Å². The molecule has 0 radical (unpaired) electrons. The van der Waals surface area contributed by atoms with Gasteiger partial charge in [0.25, 0.3) is 5.91 Å². The summed E-state index contributed by atoms with van der Waals surface area (Å²) in [6, 6.07) is 8.67. The van der Waals surface area contributed by atoms with E-state index in [4.69, 9.17) is 4.74 Å². The van der Waals surface area contributed by atoms with Gasteiger partial charge >= 0.3 is 6.09 Å². The van der Waals surface area contributed by atoms with Crippen molar-refractivity contribution >= 4 is 17.9 Å². The molecule has 3 aromatic rings. The van der Waals surface area contributed by atoms with Crippen molar-refractivity contribution in [3.05, 3.63) is 89.0 Å². The van der Waals surface area contributed by atoms with Gasteiger partial charge in [-0.3, -0.25) is 19.5 Å². The van der Waals surface area contributed by atoms with Crippen molar-refractivity contribution in [3.8, 4) is 11.1 Å². The summed E-state index contributed by atoms with van der Waals surface area (Å²) in [4.78, 5) is 44.6. The first kappa shape index (κ1) is 30.5. The number of ether oxygens (including phenoxy) is 1. The number of carbonyl (C=O) groups excluding carboxylic acids is 3. The first-order valence-electron chi connectivity index (χ1n) is 13.6. The Hall–Kier alpha value is -4.41. The van der Waals surface area contributed by atoms with E-state index in [2.05, 4.69) is 15.6 Å². The predicted octanol–water partition coefficient (Wildman–Crippen LogP) is 5.33. The van der Waals surface area contributed by atoms with Crippen molar-refractivity contribution in [2.24, 2.45) is 0 Å². The maximum absolute atomic E-state index is 14.4. The van der Waals surface area contributed by atoms with Crippen LogP contribution in [-0.2, 0) is 16.0 Å². The van der Waals surface area contributed by atoms with Crippen molar-refractivity contribution in [2.75, 3.05) is 13.6 Å². The SMILES string of the molecule is CNC(=O)c1cc(-c2cccnc2[C@H](Cc2cc(F)cc(F)c2)NC(=O)[C@@H]2CCCN2C(=O)OC(C)(C)C)ccc1F. The summed E-state index contributed by atoms with van der Waals surface area (Å²) in [5.74, 6) is -3.38. The topological polar surface area (TPSA) is 101 Å². The Bertz CT molecular complexity index is 1470. The number of nitrogens with one attached hydrogen (secondary N) is 2. The second-order valence-electron chi connectivity index (χ2n) is 11.1. The molecular formula is C31H33F3N4O4. The number of aromatic nitrogens is 1. The molecule has 1 aromatic heterocycles. The highest BCUT2D eigenvalue weighted by atomic mass is 19.1. The Morgan fingerprint density at radius 1 is 1.07 bits per heavy atom. The molecule has 1 aliphatic rings. The molecule has 3 amide bonds. The van der Waals surface area contributed by atoms with Crippen LogP contribution in [0.15, 0.2) is 54.7 Å². The summed E-state index contributed by atoms with van der Waals surface area (Å²) in [6.45, 7) is 5.53. The minimum Gasteiger partial charge on any atom is -0.444 e. The molecule has 0 unspecified atom stereocenters. The molecule has 8 nitrogen and oxygen atoms in total. The Kier molecular flexibility index (Phi) is 9.18. The lowest BCUT2D eigenvalue weighted by Gasteiger charge is -2.29. The van der Waals surface area contributed by atoms with Crippen LogP contribution in [-0.4, -0.2) is 53.0 Å². The zero-order valence-electron chi connectivity index (χ0n) is 23.8. The van der Waals surface area contributed by atoms with Gasteiger partial charge in [-0.1, -0.05) is 12.1 Å². The van der Waals surface area contributed by atoms with Crippen LogP contribution in [0.2, 0.25) is 0 Å². The smallest absolute Gasteiger partial charge is 0.410 e. The number of benzene rings is 2. The fraction of sp³-hybridized carbons (Fsp3) is 0.355. The van der Waals surface area contributed by atoms with Gasteiger partial charge in [-0.25, -0.2) is 18.0 Å². The van der Waals surface area contributed by atoms with E-state index in [1.165, 1.54) is 30.3 Å². The number of hydrogen-bond donors (Lipinski definition) is 2. The summed E-state index contributed by atoms with van der Waals surface area (Å²) in [5.41, 5.74) is 0.563. The Morgan fingerprint density at radius 2 is 1.79 bits per heavy atom. The molecule has 42 heavy (non-hydrogen) atoms. The molecule has 0 spiro atoms. The Morgan fingerprint density at radius 3 is 2.45 bits per heavy atom. The zero-order chi connectivity index (χ0) is 30.6. The highest BCUT2D eigenvalue weighted by molar-refractivity contribution is 5.95. The van der Waals surface area contributed by atoms with E-state index >= 15 is 0 Å². The number of rotatable bonds is 7. The quantitative estimate of drug-likeness (QED) is 0.393. The van der Waals surface area contributed by atoms with E-state index < -0.39 is 53.0 Å². The lowest BCUT2D eigenvalue weighted by molar-refractivity contribution is -0.126. The largest absolute Gasteiger partial charge is 0.444 e. The van der Waals surface area contributed by atoms with Crippen LogP contribution in [0.25, 0.3) is 11.1 Å². The zero-order valence-corrected chi connectivity index (χ0v) is 23.8. The van der Waals surface area contributed by atoms with Crippen LogP contribution in [0.3, 0.4) is 0 Å². The van der Waals surface area contributed by atoms with Crippen LogP contribution in [0.4, 0.5) is 18.0 Å². The fourth-order valence-electron chi connectivity index (χ4n) is 4.97. The average molecular weight is 583 g/mol. The molecule has 2 N–H and O–H groups in total. The van der Waals surface area contributed by atoms with Crippen LogP contribution >= 0.6 is 0 Å². The number of nitrogens with zero attached hydrogens (tertiary/aromatic N) is 2. The minimum absolute atomic E-state index is 0.0485. The van der Waals surface area contributed by atoms with Crippen molar-refractivity contribution in [1.29, 1.82) is 0 Å². The second kappa shape index (κ2) is 12.6. The summed E-state index contributed by atoms with van der Waals surface area (Å²) in [7, 11) is 1.39. The van der Waals surface area contributed by atoms with E-state index in [1.807, 2.05) is 0 Å². The van der Waals surface area contributed by atoms with Gasteiger partial charge in [-0.05, 0) is 81.5 Å². The van der Waals surface area contributed by atoms with Crippen LogP contribution in [0.5, 0.6) is 0 Å². The molecule has 2 atom stereocenters. The molecule has 0 saturated carbocycles. The second-order valence-corrected chi connectivity index (χ2v) is 11.1. The normalized spacial score (nSPS) is 15.7. The third kappa shape index (κ3) is 7.26. The maximum atomic E-state index is 14.4. The van der Waals surface area contributed by atoms with E-state index in [0.717, 1.165) is 24.3 Å². The molecule has 4 rings (SSSR count). The van der Waals surface area contributed by atoms with E-state index in [-0.39, 0.29) is 17.5 Å². The highest BCUT2D eigenvalue weighted by Crippen LogP contribution is 2.31. The maximum Gasteiger partial charge on any atom is 0.410 e. The standard InChI is InChI=1S/C31H33F3N4O4/c1-31(2,3)42-30(41)38-12-6-8-26(38)29(40)37-25(15-18-13-20(32)17-21(33)14-18)27-22(7-5-11-36-27)19-9-10-24(34)23(16-19)28(39)35-4/h5,7,9-11,13-14,16-17,25-26H,6,8,12,15H2,1-4H3,(H,35,39)(H,37,40)/t25-,26-/m0/s1. The molecule has 11 heteroatoms. The highest BCUT2D eigenvalue weighted by Gasteiger charge is 2.38. The van der Waals surface area contributed by atoms with Crippen LogP contribution in [0.1, 0.15) is 61.3 Å². The first-order valence-corrected chi connectivity index (χ1v) is 13.6. The van der Waals surface area contributed by atoms with Crippen LogP contribution < -0.4 is 10.6 Å². The molecule has 1 aliphatic heterocycles. The van der Waals surface area contributed by atoms with Gasteiger partial charge in [-0.15, -0.1) is 0 Å². The van der Waals surface area contributed by atoms with Crippen LogP contribution in [0, 0.1) is 17.5 Å². The summed E-state index contributed by atoms with van der Waals surface area (Å²) < 4.78 is 48.2. The first-order chi connectivity index (χ1) is 19.9. The number of pyridine rings is 1. The van der Waals surface area contributed by atoms with Crippen molar-refractivity contribution < 1.29 is 32.3 Å². The molecular weight excluding hydrogens is 549 g/mol. The van der Waals surface area contributed by atoms with Crippen molar-refractivity contribution in [1.82, 2.24) is 20.5 Å². The number of likely N-dealkylation sites (tertiary alicyclic amines) is 1. The average Bonchev–Trinajstić information content (AvgIpc) is 3.42. The Labute approximate surface area is 242 Å². The molecule has 222 valence electrons. The summed E-state index contributed by atoms with van der Waals surface area (Å²) in [6.07, 6.45) is 1.82. The van der Waals surface area contributed by atoms with Crippen molar-refractivity contribution in [3.63, 3.8) is 0 Å². The predicted molar refractivity (Wildman–Crippen MR) is 150 cm³/mol. The summed E-state index contributed by atoms with van der Waals surface area (Å²) >= 11 is 0. The lowest BCUT2D eigenvalue weighted by atomic mass is 9.94. The number of carbonyl (C=O) groups is 3. The molecule has 0 aliphatic carbocycles. The van der Waals surface area contributed by atoms with Crippen molar-refractivity contribution in [2.45, 2.75) is 57.7 Å². The van der Waals surface area contributed by atoms with Gasteiger partial charge in [0.15, 0.2) is 0 Å². The van der Waals surface area contributed by atoms with Gasteiger partial charge < -0.3 is 15.4 Å². The number of halogens is 3. The number of amides is 3. The molecule has 2 heterocycles. The van der Waals surface area contributed by atoms with Gasteiger partial charge in [0.05, 0.1) is 17.3 Å². The summed E-state index contributed by atoms with van der Waals surface area (Å²) in [5, 5.41) is 5.33. The van der Waals surface area contributed by atoms with Gasteiger partial charge in [0.2, 0.25) is 5.91 Å². The van der Waals surface area contributed by atoms with Gasteiger partial charge in [0.1, 0.15) is 29.1 Å². The lowest BCUT2D eigenvalue weighted by Crippen LogP contribution is -2.48. The van der Waals surface area contributed by atoms with E-state index in [0.29, 0.717) is 36.2 Å². The molecule has 1 fully saturated rings. The molecule has 2 aromatic carbocycles. The molecule has 1 saturated heterocycles. The molecule has 0 bridgehead atoms. The minimum atomic E-state index is -0.913. The Balaban J connectivity index is 1.73.